The van der Waals surface area contributed by atoms with E-state index in [2.05, 4.69) is 10.6 Å². The maximum Gasteiger partial charge on any atom is 0.253 e. The summed E-state index contributed by atoms with van der Waals surface area (Å²) < 4.78 is 0. The summed E-state index contributed by atoms with van der Waals surface area (Å²) in [7, 11) is 0. The second-order valence-corrected chi connectivity index (χ2v) is 6.73. The van der Waals surface area contributed by atoms with Crippen LogP contribution in [-0.2, 0) is 4.79 Å². The SMILES string of the molecule is Cc1ccc(C(=O)N2CCCC(C(=O)NCC3CNC3)C2)cc1.Cl. The van der Waals surface area contributed by atoms with Gasteiger partial charge in [0.15, 0.2) is 0 Å². The van der Waals surface area contributed by atoms with E-state index in [1.807, 2.05) is 36.1 Å². The minimum Gasteiger partial charge on any atom is -0.355 e. The number of carbonyl (C=O) groups excluding carboxylic acids is 2. The van der Waals surface area contributed by atoms with Gasteiger partial charge in [0.25, 0.3) is 5.91 Å². The van der Waals surface area contributed by atoms with Crippen molar-refractivity contribution in [3.63, 3.8) is 0 Å². The molecule has 24 heavy (non-hydrogen) atoms. The molecule has 1 atom stereocenters. The van der Waals surface area contributed by atoms with Gasteiger partial charge in [-0.2, -0.15) is 0 Å². The molecule has 0 aliphatic carbocycles. The topological polar surface area (TPSA) is 61.4 Å². The minimum absolute atomic E-state index is 0. The fraction of sp³-hybridized carbons (Fsp3) is 0.556. The van der Waals surface area contributed by atoms with Crippen molar-refractivity contribution in [2.45, 2.75) is 19.8 Å². The predicted octanol–water partition coefficient (Wildman–Crippen LogP) is 1.60. The highest BCUT2D eigenvalue weighted by Gasteiger charge is 2.29. The van der Waals surface area contributed by atoms with Gasteiger partial charge in [0.1, 0.15) is 0 Å². The van der Waals surface area contributed by atoms with Crippen LogP contribution in [0.25, 0.3) is 0 Å². The lowest BCUT2D eigenvalue weighted by atomic mass is 9.95. The molecule has 132 valence electrons. The smallest absolute Gasteiger partial charge is 0.253 e. The van der Waals surface area contributed by atoms with Crippen LogP contribution < -0.4 is 10.6 Å². The third-order valence-electron chi connectivity index (χ3n) is 4.81. The molecule has 1 aromatic rings. The van der Waals surface area contributed by atoms with Crippen LogP contribution in [0.1, 0.15) is 28.8 Å². The van der Waals surface area contributed by atoms with Crippen LogP contribution in [0.15, 0.2) is 24.3 Å². The lowest BCUT2D eigenvalue weighted by molar-refractivity contribution is -0.126. The minimum atomic E-state index is -0.0776. The molecule has 2 fully saturated rings. The molecule has 2 aliphatic rings. The summed E-state index contributed by atoms with van der Waals surface area (Å²) in [6.07, 6.45) is 1.76. The Labute approximate surface area is 149 Å². The van der Waals surface area contributed by atoms with E-state index in [0.717, 1.165) is 44.6 Å². The molecule has 2 N–H and O–H groups in total. The van der Waals surface area contributed by atoms with Crippen molar-refractivity contribution in [2.75, 3.05) is 32.7 Å². The molecular formula is C18H26ClN3O2. The molecule has 3 rings (SSSR count). The number of nitrogens with zero attached hydrogens (tertiary/aromatic N) is 1. The number of rotatable bonds is 4. The number of aryl methyl sites for hydroxylation is 1. The fourth-order valence-corrected chi connectivity index (χ4v) is 3.14. The molecule has 0 aromatic heterocycles. The van der Waals surface area contributed by atoms with Gasteiger partial charge >= 0.3 is 0 Å². The third-order valence-corrected chi connectivity index (χ3v) is 4.81. The Morgan fingerprint density at radius 2 is 1.96 bits per heavy atom. The second-order valence-electron chi connectivity index (χ2n) is 6.73. The molecule has 5 nitrogen and oxygen atoms in total. The van der Waals surface area contributed by atoms with Gasteiger partial charge in [-0.15, -0.1) is 12.4 Å². The molecule has 2 amide bonds. The van der Waals surface area contributed by atoms with Crippen molar-refractivity contribution >= 4 is 24.2 Å². The molecule has 1 unspecified atom stereocenters. The van der Waals surface area contributed by atoms with E-state index in [1.54, 1.807) is 0 Å². The lowest BCUT2D eigenvalue weighted by Gasteiger charge is -2.33. The third kappa shape index (κ3) is 4.48. The molecule has 6 heteroatoms. The van der Waals surface area contributed by atoms with Crippen molar-refractivity contribution in [3.8, 4) is 0 Å². The number of amides is 2. The Kier molecular flexibility index (Phi) is 6.63. The number of carbonyl (C=O) groups is 2. The molecule has 0 bridgehead atoms. The van der Waals surface area contributed by atoms with Crippen LogP contribution >= 0.6 is 12.4 Å². The van der Waals surface area contributed by atoms with Gasteiger partial charge < -0.3 is 15.5 Å². The van der Waals surface area contributed by atoms with E-state index in [0.29, 0.717) is 18.0 Å². The predicted molar refractivity (Wildman–Crippen MR) is 96.4 cm³/mol. The first-order valence-corrected chi connectivity index (χ1v) is 8.48. The quantitative estimate of drug-likeness (QED) is 0.866. The zero-order valence-electron chi connectivity index (χ0n) is 14.1. The van der Waals surface area contributed by atoms with Crippen LogP contribution in [0.5, 0.6) is 0 Å². The monoisotopic (exact) mass is 351 g/mol. The van der Waals surface area contributed by atoms with Crippen LogP contribution in [0.2, 0.25) is 0 Å². The molecule has 2 saturated heterocycles. The lowest BCUT2D eigenvalue weighted by Crippen LogP contribution is -2.50. The van der Waals surface area contributed by atoms with Gasteiger partial charge in [-0.3, -0.25) is 9.59 Å². The van der Waals surface area contributed by atoms with E-state index in [1.165, 1.54) is 0 Å². The highest BCUT2D eigenvalue weighted by molar-refractivity contribution is 5.94. The number of likely N-dealkylation sites (tertiary alicyclic amines) is 1. The Bertz CT molecular complexity index is 572. The maximum atomic E-state index is 12.6. The Morgan fingerprint density at radius 1 is 1.25 bits per heavy atom. The van der Waals surface area contributed by atoms with Gasteiger partial charge in [0.05, 0.1) is 5.92 Å². The van der Waals surface area contributed by atoms with Crippen molar-refractivity contribution in [3.05, 3.63) is 35.4 Å². The van der Waals surface area contributed by atoms with Crippen molar-refractivity contribution in [1.29, 1.82) is 0 Å². The Balaban J connectivity index is 0.00000208. The average molecular weight is 352 g/mol. The number of nitrogens with one attached hydrogen (secondary N) is 2. The van der Waals surface area contributed by atoms with Crippen LogP contribution in [-0.4, -0.2) is 49.4 Å². The number of piperidine rings is 1. The molecule has 1 aromatic carbocycles. The largest absolute Gasteiger partial charge is 0.355 e. The zero-order valence-corrected chi connectivity index (χ0v) is 14.9. The van der Waals surface area contributed by atoms with Crippen LogP contribution in [0, 0.1) is 18.8 Å². The van der Waals surface area contributed by atoms with Crippen molar-refractivity contribution in [1.82, 2.24) is 15.5 Å². The molecule has 0 spiro atoms. The number of hydrogen-bond donors (Lipinski definition) is 2. The first kappa shape index (κ1) is 18.7. The summed E-state index contributed by atoms with van der Waals surface area (Å²) in [6, 6.07) is 7.64. The maximum absolute atomic E-state index is 12.6. The fourth-order valence-electron chi connectivity index (χ4n) is 3.14. The number of hydrogen-bond acceptors (Lipinski definition) is 3. The van der Waals surface area contributed by atoms with Crippen molar-refractivity contribution in [2.24, 2.45) is 11.8 Å². The van der Waals surface area contributed by atoms with E-state index < -0.39 is 0 Å². The number of benzene rings is 1. The molecule has 2 aliphatic heterocycles. The van der Waals surface area contributed by atoms with E-state index in [4.69, 9.17) is 0 Å². The summed E-state index contributed by atoms with van der Waals surface area (Å²) in [5.41, 5.74) is 1.85. The molecular weight excluding hydrogens is 326 g/mol. The second kappa shape index (κ2) is 8.49. The van der Waals surface area contributed by atoms with Gasteiger partial charge in [0.2, 0.25) is 5.91 Å². The molecule has 0 radical (unpaired) electrons. The summed E-state index contributed by atoms with van der Waals surface area (Å²) in [6.45, 7) is 6.00. The normalized spacial score (nSPS) is 20.7. The summed E-state index contributed by atoms with van der Waals surface area (Å²) in [5, 5.41) is 6.25. The standard InChI is InChI=1S/C18H25N3O2.ClH/c1-13-4-6-15(7-5-13)18(23)21-8-2-3-16(12-21)17(22)20-11-14-9-19-10-14;/h4-7,14,16,19H,2-3,8-12H2,1H3,(H,20,22);1H. The van der Waals surface area contributed by atoms with Crippen LogP contribution in [0.4, 0.5) is 0 Å². The van der Waals surface area contributed by atoms with E-state index in [9.17, 15) is 9.59 Å². The van der Waals surface area contributed by atoms with Crippen LogP contribution in [0.3, 0.4) is 0 Å². The summed E-state index contributed by atoms with van der Waals surface area (Å²) in [5.74, 6) is 0.614. The average Bonchev–Trinajstić information content (AvgIpc) is 2.53. The van der Waals surface area contributed by atoms with Crippen molar-refractivity contribution < 1.29 is 9.59 Å². The van der Waals surface area contributed by atoms with Gasteiger partial charge in [-0.25, -0.2) is 0 Å². The Hall–Kier alpha value is -1.59. The Morgan fingerprint density at radius 3 is 2.58 bits per heavy atom. The summed E-state index contributed by atoms with van der Waals surface area (Å²) in [4.78, 5) is 26.7. The highest BCUT2D eigenvalue weighted by atomic mass is 35.5. The van der Waals surface area contributed by atoms with Gasteiger partial charge in [0, 0.05) is 44.2 Å². The molecule has 2 heterocycles. The zero-order chi connectivity index (χ0) is 16.2. The first-order chi connectivity index (χ1) is 11.1. The molecule has 0 saturated carbocycles. The van der Waals surface area contributed by atoms with Gasteiger partial charge in [-0.05, 0) is 31.9 Å². The van der Waals surface area contributed by atoms with E-state index in [-0.39, 0.29) is 30.1 Å². The van der Waals surface area contributed by atoms with E-state index >= 15 is 0 Å². The summed E-state index contributed by atoms with van der Waals surface area (Å²) >= 11 is 0. The number of halogens is 1. The highest BCUT2D eigenvalue weighted by Crippen LogP contribution is 2.19. The first-order valence-electron chi connectivity index (χ1n) is 8.48. The van der Waals surface area contributed by atoms with Gasteiger partial charge in [-0.1, -0.05) is 17.7 Å².